The van der Waals surface area contributed by atoms with E-state index in [0.717, 1.165) is 12.8 Å². The molecule has 0 spiro atoms. The predicted molar refractivity (Wildman–Crippen MR) is 123 cm³/mol. The number of hydrogen-bond donors (Lipinski definition) is 3. The summed E-state index contributed by atoms with van der Waals surface area (Å²) >= 11 is 0. The number of hydrogen-bond acceptors (Lipinski definition) is 5. The number of benzene rings is 1. The number of nitrogens with zero attached hydrogens (tertiary/aromatic N) is 3. The Labute approximate surface area is 195 Å². The maximum Gasteiger partial charge on any atom is 0.319 e. The van der Waals surface area contributed by atoms with E-state index in [1.54, 1.807) is 37.1 Å². The third-order valence-corrected chi connectivity index (χ3v) is 6.18. The van der Waals surface area contributed by atoms with E-state index in [9.17, 15) is 19.1 Å². The molecule has 5 rings (SSSR count). The number of aryl methyl sites for hydroxylation is 1. The summed E-state index contributed by atoms with van der Waals surface area (Å²) in [5.74, 6) is -0.520. The van der Waals surface area contributed by atoms with Gasteiger partial charge in [-0.25, -0.2) is 13.7 Å². The summed E-state index contributed by atoms with van der Waals surface area (Å²) in [7, 11) is 0. The summed E-state index contributed by atoms with van der Waals surface area (Å²) in [4.78, 5) is 26.6. The van der Waals surface area contributed by atoms with Crippen molar-refractivity contribution in [3.63, 3.8) is 0 Å². The van der Waals surface area contributed by atoms with Crippen molar-refractivity contribution in [2.75, 3.05) is 18.4 Å². The second-order valence-corrected chi connectivity index (χ2v) is 9.25. The van der Waals surface area contributed by atoms with Crippen LogP contribution in [0.2, 0.25) is 0 Å². The van der Waals surface area contributed by atoms with E-state index in [0.29, 0.717) is 41.0 Å². The van der Waals surface area contributed by atoms with Crippen molar-refractivity contribution in [2.45, 2.75) is 44.8 Å². The van der Waals surface area contributed by atoms with Crippen LogP contribution in [0.3, 0.4) is 0 Å². The van der Waals surface area contributed by atoms with Crippen molar-refractivity contribution in [1.82, 2.24) is 19.8 Å². The lowest BCUT2D eigenvalue weighted by Crippen LogP contribution is -2.34. The normalized spacial score (nSPS) is 19.9. The third-order valence-electron chi connectivity index (χ3n) is 6.18. The van der Waals surface area contributed by atoms with Gasteiger partial charge in [-0.3, -0.25) is 4.79 Å². The van der Waals surface area contributed by atoms with Crippen LogP contribution in [0.4, 0.5) is 14.9 Å². The number of halogens is 1. The van der Waals surface area contributed by atoms with Gasteiger partial charge in [-0.05, 0) is 50.8 Å². The molecule has 1 aliphatic carbocycles. The molecule has 34 heavy (non-hydrogen) atoms. The number of aliphatic hydroxyl groups is 1. The molecule has 0 bridgehead atoms. The van der Waals surface area contributed by atoms with Gasteiger partial charge in [0.15, 0.2) is 17.3 Å². The molecule has 10 heteroatoms. The van der Waals surface area contributed by atoms with E-state index in [1.165, 1.54) is 22.8 Å². The van der Waals surface area contributed by atoms with Gasteiger partial charge in [0.2, 0.25) is 0 Å². The van der Waals surface area contributed by atoms with E-state index in [4.69, 9.17) is 4.74 Å². The third kappa shape index (κ3) is 4.41. The summed E-state index contributed by atoms with van der Waals surface area (Å²) in [6, 6.07) is 5.62. The number of carbonyl (C=O) groups excluding carboxylic acids is 2. The van der Waals surface area contributed by atoms with Crippen molar-refractivity contribution in [2.24, 2.45) is 0 Å². The van der Waals surface area contributed by atoms with E-state index >= 15 is 0 Å². The topological polar surface area (TPSA) is 108 Å². The van der Waals surface area contributed by atoms with Crippen molar-refractivity contribution in [1.29, 1.82) is 0 Å². The maximum atomic E-state index is 14.8. The minimum atomic E-state index is -0.896. The molecule has 0 radical (unpaired) electrons. The fourth-order valence-corrected chi connectivity index (χ4v) is 4.17. The Morgan fingerprint density at radius 2 is 2.06 bits per heavy atom. The Kier molecular flexibility index (Phi) is 5.40. The molecule has 2 fully saturated rings. The number of urea groups is 1. The maximum absolute atomic E-state index is 14.8. The van der Waals surface area contributed by atoms with Crippen LogP contribution in [0.5, 0.6) is 11.5 Å². The van der Waals surface area contributed by atoms with Crippen molar-refractivity contribution in [3.8, 4) is 11.5 Å². The predicted octanol–water partition coefficient (Wildman–Crippen LogP) is 3.45. The highest BCUT2D eigenvalue weighted by Crippen LogP contribution is 2.33. The van der Waals surface area contributed by atoms with Gasteiger partial charge in [-0.2, -0.15) is 5.10 Å². The Hall–Kier alpha value is -3.66. The number of aromatic nitrogens is 2. The van der Waals surface area contributed by atoms with Crippen LogP contribution in [-0.2, 0) is 0 Å². The van der Waals surface area contributed by atoms with Crippen LogP contribution in [0, 0.1) is 12.7 Å². The highest BCUT2D eigenvalue weighted by Gasteiger charge is 2.35. The number of amides is 3. The zero-order valence-electron chi connectivity index (χ0n) is 19.0. The van der Waals surface area contributed by atoms with Crippen LogP contribution in [0.1, 0.15) is 42.1 Å². The fourth-order valence-electron chi connectivity index (χ4n) is 4.17. The van der Waals surface area contributed by atoms with Crippen molar-refractivity contribution in [3.05, 3.63) is 53.6 Å². The van der Waals surface area contributed by atoms with Crippen LogP contribution in [0.15, 0.2) is 36.7 Å². The van der Waals surface area contributed by atoms with Gasteiger partial charge in [0.25, 0.3) is 5.91 Å². The molecule has 3 heterocycles. The zero-order chi connectivity index (χ0) is 24.0. The van der Waals surface area contributed by atoms with E-state index in [2.05, 4.69) is 15.7 Å². The van der Waals surface area contributed by atoms with E-state index in [-0.39, 0.29) is 30.3 Å². The molecule has 1 aromatic carbocycles. The SMILES string of the molecule is Cc1c(C(=O)N2CC[C@@](C)(O)C2)cn2nccc(Oc3ccc(NC(=O)NC4CC4)cc3F)c12. The number of likely N-dealkylation sites (tertiary alicyclic amines) is 1. The molecular formula is C24H26FN5O4. The van der Waals surface area contributed by atoms with Gasteiger partial charge in [-0.15, -0.1) is 0 Å². The number of anilines is 1. The Bertz CT molecular complexity index is 1280. The van der Waals surface area contributed by atoms with E-state index in [1.807, 2.05) is 0 Å². The second kappa shape index (κ2) is 8.28. The lowest BCUT2D eigenvalue weighted by molar-refractivity contribution is 0.0572. The number of carbonyl (C=O) groups is 2. The van der Waals surface area contributed by atoms with Crippen LogP contribution in [-0.4, -0.2) is 56.3 Å². The molecule has 0 unspecified atom stereocenters. The Morgan fingerprint density at radius 1 is 1.26 bits per heavy atom. The number of ether oxygens (including phenoxy) is 1. The minimum absolute atomic E-state index is 0.0229. The summed E-state index contributed by atoms with van der Waals surface area (Å²) in [6.07, 6.45) is 5.56. The average molecular weight is 468 g/mol. The molecule has 1 aliphatic heterocycles. The number of β-amino-alcohol motifs (C(OH)–C–C–N with tert-alkyl or cyclic N) is 1. The highest BCUT2D eigenvalue weighted by atomic mass is 19.1. The smallest absolute Gasteiger partial charge is 0.319 e. The first kappa shape index (κ1) is 22.1. The van der Waals surface area contributed by atoms with Crippen LogP contribution in [0.25, 0.3) is 5.52 Å². The van der Waals surface area contributed by atoms with Gasteiger partial charge in [0.05, 0.1) is 17.4 Å². The second-order valence-electron chi connectivity index (χ2n) is 9.25. The Balaban J connectivity index is 1.38. The summed E-state index contributed by atoms with van der Waals surface area (Å²) < 4.78 is 22.2. The van der Waals surface area contributed by atoms with Gasteiger partial charge in [0, 0.05) is 43.1 Å². The molecule has 2 aliphatic rings. The number of fused-ring (bicyclic) bond motifs is 1. The lowest BCUT2D eigenvalue weighted by atomic mass is 10.1. The van der Waals surface area contributed by atoms with Crippen molar-refractivity contribution >= 4 is 23.1 Å². The fraction of sp³-hybridized carbons (Fsp3) is 0.375. The molecule has 1 saturated heterocycles. The molecule has 9 nitrogen and oxygen atoms in total. The molecule has 3 N–H and O–H groups in total. The molecule has 1 saturated carbocycles. The summed E-state index contributed by atoms with van der Waals surface area (Å²) in [6.45, 7) is 4.23. The molecule has 178 valence electrons. The minimum Gasteiger partial charge on any atom is -0.452 e. The quantitative estimate of drug-likeness (QED) is 0.533. The van der Waals surface area contributed by atoms with Crippen LogP contribution >= 0.6 is 0 Å². The summed E-state index contributed by atoms with van der Waals surface area (Å²) in [5.41, 5.74) is 1.06. The van der Waals surface area contributed by atoms with E-state index < -0.39 is 11.4 Å². The average Bonchev–Trinajstić information content (AvgIpc) is 3.42. The molecule has 1 atom stereocenters. The molecule has 3 amide bonds. The molecule has 2 aromatic heterocycles. The first-order valence-electron chi connectivity index (χ1n) is 11.2. The van der Waals surface area contributed by atoms with Crippen molar-refractivity contribution < 1.29 is 23.8 Å². The number of rotatable bonds is 5. The largest absolute Gasteiger partial charge is 0.452 e. The lowest BCUT2D eigenvalue weighted by Gasteiger charge is -2.18. The first-order valence-corrected chi connectivity index (χ1v) is 11.2. The first-order chi connectivity index (χ1) is 16.2. The molecular weight excluding hydrogens is 441 g/mol. The zero-order valence-corrected chi connectivity index (χ0v) is 19.0. The standard InChI is InChI=1S/C24H26FN5O4/c1-14-17(22(31)29-10-8-24(2,33)13-29)12-30-21(14)20(7-9-26-30)34-19-6-5-16(11-18(19)25)28-23(32)27-15-3-4-15/h5-7,9,11-12,15,33H,3-4,8,10,13H2,1-2H3,(H2,27,28,32)/t24-/m1/s1. The van der Waals surface area contributed by atoms with Gasteiger partial charge < -0.3 is 25.4 Å². The van der Waals surface area contributed by atoms with Gasteiger partial charge in [0.1, 0.15) is 5.52 Å². The number of nitrogens with one attached hydrogen (secondary N) is 2. The molecule has 3 aromatic rings. The van der Waals surface area contributed by atoms with Crippen LogP contribution < -0.4 is 15.4 Å². The Morgan fingerprint density at radius 3 is 2.74 bits per heavy atom. The van der Waals surface area contributed by atoms with Gasteiger partial charge >= 0.3 is 6.03 Å². The highest BCUT2D eigenvalue weighted by molar-refractivity contribution is 5.98. The summed E-state index contributed by atoms with van der Waals surface area (Å²) in [5, 5.41) is 19.9. The monoisotopic (exact) mass is 467 g/mol. The van der Waals surface area contributed by atoms with Gasteiger partial charge in [-0.1, -0.05) is 0 Å².